The van der Waals surface area contributed by atoms with Crippen LogP contribution in [0.25, 0.3) is 0 Å². The van der Waals surface area contributed by atoms with E-state index in [2.05, 4.69) is 11.9 Å². The van der Waals surface area contributed by atoms with Gasteiger partial charge < -0.3 is 49.4 Å². The van der Waals surface area contributed by atoms with Crippen LogP contribution >= 0.6 is 0 Å². The van der Waals surface area contributed by atoms with Crippen molar-refractivity contribution in [3.63, 3.8) is 0 Å². The molecule has 2 saturated heterocycles. The molecule has 408 valence electrons. The number of Topliss-reactive ketones (excluding diaryl/α,β-unsaturated/α-hetero) is 2. The fourth-order valence-electron chi connectivity index (χ4n) is 11.0. The SMILES string of the molecule is C=[N+]([C@H]1CC2CCC(C)C(O)(O2)C(=O)C(=O)N2CCCCC2C(=O)O[C@H]([C@H](C)CC2CC[C@@H](O)C(OC)C2)CC[C@H](N)/C=C(\C)C(O)[C@@H](OC)C(=O)C(C)C[C@H](C)/C=C/C=C/C=C/1C)S(=O)(=O)c1conc1C. The number of ether oxygens (including phenoxy) is 4. The van der Waals surface area contributed by atoms with Crippen LogP contribution < -0.4 is 5.73 Å². The second-order valence-electron chi connectivity index (χ2n) is 21.3. The van der Waals surface area contributed by atoms with Gasteiger partial charge in [-0.25, -0.2) is 4.79 Å². The minimum absolute atomic E-state index is 0.0482. The molecule has 5 N–H and O–H groups in total. The number of carbonyl (C=O) groups excluding carboxylic acids is 4. The molecule has 3 fully saturated rings. The summed E-state index contributed by atoms with van der Waals surface area (Å²) in [5.41, 5.74) is 7.80. The lowest BCUT2D eigenvalue weighted by molar-refractivity contribution is -0.402. The minimum Gasteiger partial charge on any atom is -0.461 e. The number of ketones is 2. The molecule has 0 spiro atoms. The van der Waals surface area contributed by atoms with Crippen molar-refractivity contribution in [2.24, 2.45) is 35.3 Å². The lowest BCUT2D eigenvalue weighted by Gasteiger charge is -2.42. The number of carbonyl (C=O) groups is 4. The number of methoxy groups -OCH3 is 2. The number of aromatic nitrogens is 1. The molecule has 1 aliphatic carbocycles. The molecular formula is C54H83N4O14S+. The molecule has 8 unspecified atom stereocenters. The van der Waals surface area contributed by atoms with E-state index in [4.69, 9.17) is 29.2 Å². The Hall–Kier alpha value is -4.21. The van der Waals surface area contributed by atoms with Gasteiger partial charge in [-0.15, -0.1) is 3.98 Å². The van der Waals surface area contributed by atoms with Crippen LogP contribution in [0, 0.1) is 36.5 Å². The number of aliphatic hydroxyl groups excluding tert-OH is 2. The van der Waals surface area contributed by atoms with E-state index in [1.54, 1.807) is 59.1 Å². The largest absolute Gasteiger partial charge is 0.461 e. The van der Waals surface area contributed by atoms with Gasteiger partial charge in [-0.1, -0.05) is 69.3 Å². The van der Waals surface area contributed by atoms with Gasteiger partial charge in [0.25, 0.3) is 11.7 Å². The van der Waals surface area contributed by atoms with Crippen LogP contribution in [0.3, 0.4) is 0 Å². The van der Waals surface area contributed by atoms with Crippen molar-refractivity contribution in [2.45, 2.75) is 197 Å². The Morgan fingerprint density at radius 1 is 0.932 bits per heavy atom. The third-order valence-electron chi connectivity index (χ3n) is 15.7. The molecule has 1 aromatic rings. The van der Waals surface area contributed by atoms with Crippen molar-refractivity contribution in [3.8, 4) is 0 Å². The molecule has 4 heterocycles. The summed E-state index contributed by atoms with van der Waals surface area (Å²) in [5, 5.41) is 38.0. The zero-order valence-electron chi connectivity index (χ0n) is 44.4. The number of aryl methyl sites for hydroxylation is 1. The van der Waals surface area contributed by atoms with E-state index in [1.165, 1.54) is 18.9 Å². The number of esters is 1. The van der Waals surface area contributed by atoms with Gasteiger partial charge in [0.1, 0.15) is 43.0 Å². The van der Waals surface area contributed by atoms with Gasteiger partial charge in [0.2, 0.25) is 5.79 Å². The molecule has 73 heavy (non-hydrogen) atoms. The van der Waals surface area contributed by atoms with E-state index in [-0.39, 0.29) is 66.0 Å². The van der Waals surface area contributed by atoms with Crippen molar-refractivity contribution in [1.82, 2.24) is 10.1 Å². The zero-order chi connectivity index (χ0) is 53.9. The fraction of sp³-hybridized carbons (Fsp3) is 0.704. The Kier molecular flexibility index (Phi) is 21.7. The second kappa shape index (κ2) is 26.5. The highest BCUT2D eigenvalue weighted by Gasteiger charge is 2.54. The zero-order valence-corrected chi connectivity index (χ0v) is 45.2. The first-order chi connectivity index (χ1) is 34.4. The highest BCUT2D eigenvalue weighted by Crippen LogP contribution is 2.38. The summed E-state index contributed by atoms with van der Waals surface area (Å²) >= 11 is 0. The van der Waals surface area contributed by atoms with E-state index in [9.17, 15) is 42.9 Å². The Bertz CT molecular complexity index is 2330. The van der Waals surface area contributed by atoms with E-state index >= 15 is 0 Å². The van der Waals surface area contributed by atoms with Crippen molar-refractivity contribution in [3.05, 3.63) is 59.6 Å². The van der Waals surface area contributed by atoms with E-state index in [0.29, 0.717) is 68.9 Å². The Balaban J connectivity index is 1.52. The molecule has 19 heteroatoms. The summed E-state index contributed by atoms with van der Waals surface area (Å²) in [4.78, 5) is 58.2. The summed E-state index contributed by atoms with van der Waals surface area (Å²) < 4.78 is 57.8. The second-order valence-corrected chi connectivity index (χ2v) is 23.2. The number of amides is 1. The molecular weight excluding hydrogens is 961 g/mol. The number of aliphatic hydroxyl groups is 3. The molecule has 0 aromatic carbocycles. The average Bonchev–Trinajstić information content (AvgIpc) is 3.81. The predicted molar refractivity (Wildman–Crippen MR) is 272 cm³/mol. The van der Waals surface area contributed by atoms with Crippen molar-refractivity contribution < 1.29 is 70.4 Å². The van der Waals surface area contributed by atoms with Crippen LogP contribution in [0.2, 0.25) is 0 Å². The topological polar surface area (TPSA) is 258 Å². The first-order valence-electron chi connectivity index (χ1n) is 26.1. The molecule has 18 nitrogen and oxygen atoms in total. The van der Waals surface area contributed by atoms with Gasteiger partial charge in [0, 0.05) is 45.1 Å². The molecule has 1 aromatic heterocycles. The van der Waals surface area contributed by atoms with Crippen LogP contribution in [0.1, 0.15) is 131 Å². The number of nitrogens with zero attached hydrogens (tertiary/aromatic N) is 3. The number of rotatable bonds is 8. The monoisotopic (exact) mass is 1040 g/mol. The molecule has 2 bridgehead atoms. The first-order valence-corrected chi connectivity index (χ1v) is 27.5. The van der Waals surface area contributed by atoms with Crippen molar-refractivity contribution in [2.75, 3.05) is 20.8 Å². The highest BCUT2D eigenvalue weighted by molar-refractivity contribution is 7.85. The molecule has 15 atom stereocenters. The van der Waals surface area contributed by atoms with Crippen LogP contribution in [0.15, 0.2) is 63.3 Å². The summed E-state index contributed by atoms with van der Waals surface area (Å²) in [6.07, 6.45) is 12.1. The van der Waals surface area contributed by atoms with Gasteiger partial charge >= 0.3 is 16.0 Å². The summed E-state index contributed by atoms with van der Waals surface area (Å²) in [7, 11) is -1.36. The van der Waals surface area contributed by atoms with Gasteiger partial charge in [-0.3, -0.25) is 14.4 Å². The van der Waals surface area contributed by atoms with Crippen LogP contribution in [-0.2, 0) is 48.1 Å². The summed E-state index contributed by atoms with van der Waals surface area (Å²) in [6.45, 7) is 16.3. The molecule has 5 rings (SSSR count). The predicted octanol–water partition coefficient (Wildman–Crippen LogP) is 5.44. The first kappa shape index (κ1) is 59.7. The minimum atomic E-state index is -4.31. The average molecular weight is 1040 g/mol. The maximum absolute atomic E-state index is 14.5. The molecule has 0 radical (unpaired) electrons. The van der Waals surface area contributed by atoms with Crippen LogP contribution in [0.4, 0.5) is 0 Å². The number of sulfonamides is 1. The van der Waals surface area contributed by atoms with Crippen molar-refractivity contribution >= 4 is 40.2 Å². The number of hydrogen-bond donors (Lipinski definition) is 4. The normalized spacial score (nSPS) is 37.4. The number of cyclic esters (lactones) is 1. The van der Waals surface area contributed by atoms with Gasteiger partial charge in [-0.2, -0.15) is 8.42 Å². The third-order valence-corrected chi connectivity index (χ3v) is 17.5. The lowest BCUT2D eigenvalue weighted by Crippen LogP contribution is -2.61. The number of allylic oxidation sites excluding steroid dienone is 5. The maximum Gasteiger partial charge on any atom is 0.400 e. The van der Waals surface area contributed by atoms with E-state index < -0.39 is 94.0 Å². The smallest absolute Gasteiger partial charge is 0.400 e. The Morgan fingerprint density at radius 2 is 1.66 bits per heavy atom. The number of hydrogen-bond acceptors (Lipinski definition) is 16. The standard InChI is InChI=1S/C54H83N4O14S/c1-32-16-12-11-13-17-33(2)43(57(8)73(66,67)47-31-70-56-38(47)7)30-41-22-19-37(6)54(65,72-41)51(62)52(63)58-25-15-14-18-42(58)53(64)71-45(34(3)27-39-20-23-44(59)46(29-39)68-9)24-21-40(55)28-36(5)49(61)50(69-10)48(60)35(4)26-32/h11-13,16-17,28,31-32,34-35,37,39-46,49-50,59,61,65H,8,14-15,18-27,29-30,55H2,1-7,9-10H3/q+1/b13-11+,16-12+,33-17+,36-28+/t32-,34-,35?,37?,39?,40+,41?,42?,43+,44-,45+,46?,49?,50+,54?/m1/s1. The number of nitrogens with two attached hydrogens (primary N) is 1. The molecule has 4 aliphatic rings. The molecule has 3 aliphatic heterocycles. The number of piperidine rings is 1. The maximum atomic E-state index is 14.5. The van der Waals surface area contributed by atoms with E-state index in [0.717, 1.165) is 16.7 Å². The Morgan fingerprint density at radius 3 is 2.33 bits per heavy atom. The quantitative estimate of drug-likeness (QED) is 0.0830. The van der Waals surface area contributed by atoms with Crippen molar-refractivity contribution in [1.29, 1.82) is 0 Å². The number of fused-ring (bicyclic) bond motifs is 3. The Labute approximate surface area is 432 Å². The van der Waals surface area contributed by atoms with Crippen LogP contribution in [-0.4, -0.2) is 149 Å². The van der Waals surface area contributed by atoms with Gasteiger partial charge in [0.15, 0.2) is 16.7 Å². The summed E-state index contributed by atoms with van der Waals surface area (Å²) in [6, 6.07) is -2.75. The molecule has 1 saturated carbocycles. The van der Waals surface area contributed by atoms with E-state index in [1.807, 2.05) is 26.0 Å². The van der Waals surface area contributed by atoms with Crippen LogP contribution in [0.5, 0.6) is 0 Å². The summed E-state index contributed by atoms with van der Waals surface area (Å²) in [5.74, 6) is -7.37. The third kappa shape index (κ3) is 14.8. The highest BCUT2D eigenvalue weighted by atomic mass is 32.2. The molecule has 1 amide bonds. The van der Waals surface area contributed by atoms with Gasteiger partial charge in [0.05, 0.1) is 18.3 Å². The van der Waals surface area contributed by atoms with Gasteiger partial charge in [-0.05, 0) is 127 Å². The fourth-order valence-corrected chi connectivity index (χ4v) is 12.4. The lowest BCUT2D eigenvalue weighted by atomic mass is 9.78.